The summed E-state index contributed by atoms with van der Waals surface area (Å²) < 4.78 is 0. The largest absolute Gasteiger partial charge is 0.355 e. The Hall–Kier alpha value is -1.49. The van der Waals surface area contributed by atoms with Crippen LogP contribution in [0, 0.1) is 0 Å². The summed E-state index contributed by atoms with van der Waals surface area (Å²) in [7, 11) is 0. The van der Waals surface area contributed by atoms with Gasteiger partial charge in [-0.3, -0.25) is 9.59 Å². The quantitative estimate of drug-likeness (QED) is 0.779. The van der Waals surface area contributed by atoms with Crippen molar-refractivity contribution in [3.05, 3.63) is 29.8 Å². The molecule has 0 heterocycles. The number of carbonyl (C=O) groups excluding carboxylic acids is 2. The normalized spacial score (nSPS) is 11.2. The molecular weight excluding hydrogens is 308 g/mol. The Kier molecular flexibility index (Phi) is 7.62. The van der Waals surface area contributed by atoms with Crippen LogP contribution in [-0.4, -0.2) is 42.1 Å². The molecule has 4 nitrogen and oxygen atoms in total. The number of thioether (sulfide) groups is 1. The molecule has 0 spiro atoms. The molecule has 0 aliphatic rings. The van der Waals surface area contributed by atoms with Crippen LogP contribution in [0.4, 0.5) is 0 Å². The lowest BCUT2D eigenvalue weighted by atomic mass is 9.87. The van der Waals surface area contributed by atoms with E-state index in [4.69, 9.17) is 0 Å². The molecule has 23 heavy (non-hydrogen) atoms. The molecule has 1 N–H and O–H groups in total. The molecule has 0 bridgehead atoms. The van der Waals surface area contributed by atoms with E-state index < -0.39 is 0 Å². The van der Waals surface area contributed by atoms with Gasteiger partial charge in [0.15, 0.2) is 0 Å². The van der Waals surface area contributed by atoms with E-state index in [0.717, 1.165) is 4.90 Å². The van der Waals surface area contributed by atoms with Crippen LogP contribution in [0.3, 0.4) is 0 Å². The molecule has 1 aromatic rings. The Labute approximate surface area is 144 Å². The van der Waals surface area contributed by atoms with Gasteiger partial charge in [0, 0.05) is 18.0 Å². The summed E-state index contributed by atoms with van der Waals surface area (Å²) in [5.74, 6) is 0.230. The average molecular weight is 337 g/mol. The zero-order chi connectivity index (χ0) is 17.5. The number of likely N-dealkylation sites (N-methyl/N-ethyl adjacent to an activating group) is 2. The maximum atomic E-state index is 12.2. The summed E-state index contributed by atoms with van der Waals surface area (Å²) in [6, 6.07) is 8.33. The highest BCUT2D eigenvalue weighted by Gasteiger charge is 2.16. The fourth-order valence-corrected chi connectivity index (χ4v) is 2.89. The Morgan fingerprint density at radius 2 is 1.74 bits per heavy atom. The molecule has 0 saturated carbocycles. The molecule has 5 heteroatoms. The second-order valence-electron chi connectivity index (χ2n) is 6.42. The number of amides is 2. The van der Waals surface area contributed by atoms with Crippen LogP contribution in [0.15, 0.2) is 29.2 Å². The summed E-state index contributed by atoms with van der Waals surface area (Å²) >= 11 is 1.51. The summed E-state index contributed by atoms with van der Waals surface area (Å²) in [4.78, 5) is 26.5. The number of nitrogens with one attached hydrogen (secondary N) is 1. The van der Waals surface area contributed by atoms with E-state index in [1.807, 2.05) is 13.8 Å². The van der Waals surface area contributed by atoms with Crippen molar-refractivity contribution in [3.63, 3.8) is 0 Å². The first-order chi connectivity index (χ1) is 10.8. The van der Waals surface area contributed by atoms with Gasteiger partial charge in [-0.05, 0) is 37.0 Å². The standard InChI is InChI=1S/C18H28N2O2S/c1-6-19-16(21)12-20(7-2)17(22)13-23-15-10-8-14(9-11-15)18(3,4)5/h8-11H,6-7,12-13H2,1-5H3,(H,19,21). The molecule has 0 unspecified atom stereocenters. The van der Waals surface area contributed by atoms with Crippen LogP contribution in [0.1, 0.15) is 40.2 Å². The predicted molar refractivity (Wildman–Crippen MR) is 96.8 cm³/mol. The lowest BCUT2D eigenvalue weighted by molar-refractivity contribution is -0.133. The number of nitrogens with zero attached hydrogens (tertiary/aromatic N) is 1. The van der Waals surface area contributed by atoms with Crippen molar-refractivity contribution < 1.29 is 9.59 Å². The van der Waals surface area contributed by atoms with E-state index in [-0.39, 0.29) is 23.8 Å². The van der Waals surface area contributed by atoms with Crippen LogP contribution in [-0.2, 0) is 15.0 Å². The molecule has 0 fully saturated rings. The molecule has 1 aromatic carbocycles. The van der Waals surface area contributed by atoms with Gasteiger partial charge in [-0.25, -0.2) is 0 Å². The zero-order valence-corrected chi connectivity index (χ0v) is 15.6. The van der Waals surface area contributed by atoms with Crippen molar-refractivity contribution in [2.75, 3.05) is 25.4 Å². The van der Waals surface area contributed by atoms with E-state index in [9.17, 15) is 9.59 Å². The van der Waals surface area contributed by atoms with Crippen LogP contribution >= 0.6 is 11.8 Å². The SMILES string of the molecule is CCNC(=O)CN(CC)C(=O)CSc1ccc(C(C)(C)C)cc1. The highest BCUT2D eigenvalue weighted by molar-refractivity contribution is 8.00. The summed E-state index contributed by atoms with van der Waals surface area (Å²) in [5, 5.41) is 2.72. The number of benzene rings is 1. The number of hydrogen-bond acceptors (Lipinski definition) is 3. The monoisotopic (exact) mass is 336 g/mol. The third-order valence-electron chi connectivity index (χ3n) is 3.53. The minimum absolute atomic E-state index is 0.0105. The van der Waals surface area contributed by atoms with E-state index in [0.29, 0.717) is 18.8 Å². The van der Waals surface area contributed by atoms with Crippen molar-refractivity contribution in [1.29, 1.82) is 0 Å². The van der Waals surface area contributed by atoms with Gasteiger partial charge in [-0.15, -0.1) is 11.8 Å². The Balaban J connectivity index is 2.55. The molecule has 0 aromatic heterocycles. The fraction of sp³-hybridized carbons (Fsp3) is 0.556. The van der Waals surface area contributed by atoms with Crippen molar-refractivity contribution in [2.24, 2.45) is 0 Å². The van der Waals surface area contributed by atoms with E-state index in [1.54, 1.807) is 4.90 Å². The third-order valence-corrected chi connectivity index (χ3v) is 4.52. The maximum absolute atomic E-state index is 12.2. The zero-order valence-electron chi connectivity index (χ0n) is 14.8. The second-order valence-corrected chi connectivity index (χ2v) is 7.47. The maximum Gasteiger partial charge on any atom is 0.239 e. The number of rotatable bonds is 7. The molecule has 0 aliphatic heterocycles. The Bertz CT molecular complexity index is 521. The Morgan fingerprint density at radius 3 is 2.22 bits per heavy atom. The fourth-order valence-electron chi connectivity index (χ4n) is 2.09. The van der Waals surface area contributed by atoms with Gasteiger partial charge < -0.3 is 10.2 Å². The number of hydrogen-bond donors (Lipinski definition) is 1. The smallest absolute Gasteiger partial charge is 0.239 e. The third kappa shape index (κ3) is 6.65. The molecule has 0 saturated heterocycles. The molecule has 1 rings (SSSR count). The van der Waals surface area contributed by atoms with Crippen molar-refractivity contribution in [3.8, 4) is 0 Å². The van der Waals surface area contributed by atoms with E-state index in [1.165, 1.54) is 17.3 Å². The van der Waals surface area contributed by atoms with Crippen molar-refractivity contribution >= 4 is 23.6 Å². The highest BCUT2D eigenvalue weighted by atomic mass is 32.2. The molecule has 0 aliphatic carbocycles. The number of carbonyl (C=O) groups is 2. The molecule has 2 amide bonds. The molecule has 128 valence electrons. The molecule has 0 radical (unpaired) electrons. The minimum atomic E-state index is -0.109. The summed E-state index contributed by atoms with van der Waals surface area (Å²) in [6.45, 7) is 11.6. The van der Waals surface area contributed by atoms with Gasteiger partial charge in [-0.1, -0.05) is 32.9 Å². The minimum Gasteiger partial charge on any atom is -0.355 e. The summed E-state index contributed by atoms with van der Waals surface area (Å²) in [6.07, 6.45) is 0. The van der Waals surface area contributed by atoms with Crippen LogP contribution < -0.4 is 5.32 Å². The van der Waals surface area contributed by atoms with Gasteiger partial charge in [0.05, 0.1) is 12.3 Å². The van der Waals surface area contributed by atoms with Gasteiger partial charge in [0.2, 0.25) is 11.8 Å². The van der Waals surface area contributed by atoms with E-state index >= 15 is 0 Å². The summed E-state index contributed by atoms with van der Waals surface area (Å²) in [5.41, 5.74) is 1.41. The second kappa shape index (κ2) is 8.96. The van der Waals surface area contributed by atoms with Gasteiger partial charge in [0.25, 0.3) is 0 Å². The van der Waals surface area contributed by atoms with Crippen LogP contribution in [0.2, 0.25) is 0 Å². The Morgan fingerprint density at radius 1 is 1.13 bits per heavy atom. The van der Waals surface area contributed by atoms with Gasteiger partial charge in [-0.2, -0.15) is 0 Å². The van der Waals surface area contributed by atoms with Crippen LogP contribution in [0.5, 0.6) is 0 Å². The van der Waals surface area contributed by atoms with Gasteiger partial charge in [0.1, 0.15) is 0 Å². The first-order valence-corrected chi connectivity index (χ1v) is 9.04. The highest BCUT2D eigenvalue weighted by Crippen LogP contribution is 2.25. The van der Waals surface area contributed by atoms with Gasteiger partial charge >= 0.3 is 0 Å². The first-order valence-electron chi connectivity index (χ1n) is 8.05. The lowest BCUT2D eigenvalue weighted by Crippen LogP contribution is -2.41. The van der Waals surface area contributed by atoms with Crippen LogP contribution in [0.25, 0.3) is 0 Å². The van der Waals surface area contributed by atoms with E-state index in [2.05, 4.69) is 50.4 Å². The van der Waals surface area contributed by atoms with Crippen molar-refractivity contribution in [1.82, 2.24) is 10.2 Å². The molecule has 0 atom stereocenters. The van der Waals surface area contributed by atoms with Crippen molar-refractivity contribution in [2.45, 2.75) is 44.9 Å². The topological polar surface area (TPSA) is 49.4 Å². The first kappa shape index (κ1) is 19.6. The predicted octanol–water partition coefficient (Wildman–Crippen LogP) is 3.06. The lowest BCUT2D eigenvalue weighted by Gasteiger charge is -2.20. The molecular formula is C18H28N2O2S. The average Bonchev–Trinajstić information content (AvgIpc) is 2.50.